The average molecular weight is 351 g/mol. The largest absolute Gasteiger partial charge is 0.296 e. The first-order chi connectivity index (χ1) is 8.72. The number of benzene rings is 1. The van der Waals surface area contributed by atoms with Crippen molar-refractivity contribution in [1.82, 2.24) is 4.90 Å². The van der Waals surface area contributed by atoms with Crippen LogP contribution in [-0.2, 0) is 6.54 Å². The molecule has 0 amide bonds. The lowest BCUT2D eigenvalue weighted by atomic mass is 9.99. The first kappa shape index (κ1) is 14.6. The number of nitrogens with zero attached hydrogens (tertiary/aromatic N) is 1. The Morgan fingerprint density at radius 2 is 2.11 bits per heavy atom. The summed E-state index contributed by atoms with van der Waals surface area (Å²) < 4.78 is 0. The average Bonchev–Trinajstić information content (AvgIpc) is 2.37. The van der Waals surface area contributed by atoms with Crippen molar-refractivity contribution in [1.29, 1.82) is 0 Å². The summed E-state index contributed by atoms with van der Waals surface area (Å²) in [5.74, 6) is 0. The van der Waals surface area contributed by atoms with Crippen LogP contribution in [0.25, 0.3) is 0 Å². The van der Waals surface area contributed by atoms with Gasteiger partial charge < -0.3 is 0 Å². The first-order valence-electron chi connectivity index (χ1n) is 6.45. The molecule has 1 saturated heterocycles. The van der Waals surface area contributed by atoms with Crippen molar-refractivity contribution in [3.05, 3.63) is 33.8 Å². The predicted octanol–water partition coefficient (Wildman–Crippen LogP) is 5.13. The summed E-state index contributed by atoms with van der Waals surface area (Å²) in [5.41, 5.74) is 1.14. The van der Waals surface area contributed by atoms with Crippen LogP contribution in [-0.4, -0.2) is 22.8 Å². The second-order valence-electron chi connectivity index (χ2n) is 4.81. The van der Waals surface area contributed by atoms with Gasteiger partial charge in [-0.3, -0.25) is 4.90 Å². The van der Waals surface area contributed by atoms with Crippen molar-refractivity contribution in [3.8, 4) is 0 Å². The van der Waals surface area contributed by atoms with Gasteiger partial charge in [0.15, 0.2) is 0 Å². The Kier molecular flexibility index (Phi) is 5.81. The van der Waals surface area contributed by atoms with Crippen LogP contribution in [0, 0.1) is 0 Å². The highest BCUT2D eigenvalue weighted by atomic mass is 79.9. The van der Waals surface area contributed by atoms with E-state index in [9.17, 15) is 0 Å². The van der Waals surface area contributed by atoms with Crippen LogP contribution < -0.4 is 0 Å². The predicted molar refractivity (Wildman–Crippen MR) is 82.9 cm³/mol. The quantitative estimate of drug-likeness (QED) is 0.680. The second-order valence-corrected chi connectivity index (χ2v) is 6.39. The van der Waals surface area contributed by atoms with Gasteiger partial charge in [-0.15, -0.1) is 0 Å². The molecule has 0 aromatic heterocycles. The molecule has 1 unspecified atom stereocenters. The Bertz CT molecular complexity index is 395. The Morgan fingerprint density at radius 3 is 2.89 bits per heavy atom. The third-order valence-corrected chi connectivity index (χ3v) is 4.91. The lowest BCUT2D eigenvalue weighted by Gasteiger charge is -2.35. The van der Waals surface area contributed by atoms with Crippen molar-refractivity contribution in [2.45, 2.75) is 38.3 Å². The molecule has 1 heterocycles. The van der Waals surface area contributed by atoms with E-state index in [0.29, 0.717) is 16.1 Å². The molecule has 18 heavy (non-hydrogen) atoms. The summed E-state index contributed by atoms with van der Waals surface area (Å²) in [4.78, 5) is 2.54. The Balaban J connectivity index is 2.08. The van der Waals surface area contributed by atoms with E-state index in [2.05, 4.69) is 26.9 Å². The van der Waals surface area contributed by atoms with Crippen molar-refractivity contribution in [3.63, 3.8) is 0 Å². The third kappa shape index (κ3) is 3.63. The number of likely N-dealkylation sites (tertiary alicyclic amines) is 1. The van der Waals surface area contributed by atoms with Crippen LogP contribution in [0.1, 0.15) is 31.2 Å². The smallest absolute Gasteiger partial charge is 0.0637 e. The number of rotatable bonds is 4. The summed E-state index contributed by atoms with van der Waals surface area (Å²) in [5, 5.41) is 2.43. The fraction of sp³-hybridized carbons (Fsp3) is 0.571. The normalized spacial score (nSPS) is 21.2. The third-order valence-electron chi connectivity index (χ3n) is 3.60. The minimum absolute atomic E-state index is 0.656. The molecule has 0 N–H and O–H groups in total. The molecular weight excluding hydrogens is 333 g/mol. The molecule has 0 spiro atoms. The molecule has 0 saturated carbocycles. The second kappa shape index (κ2) is 7.14. The van der Waals surface area contributed by atoms with E-state index in [-0.39, 0.29) is 0 Å². The zero-order chi connectivity index (χ0) is 13.0. The SMILES string of the molecule is Clc1cccc(CN2CCCCC2CCBr)c1Cl. The highest BCUT2D eigenvalue weighted by Crippen LogP contribution is 2.29. The molecule has 0 bridgehead atoms. The maximum absolute atomic E-state index is 6.27. The van der Waals surface area contributed by atoms with E-state index in [4.69, 9.17) is 23.2 Å². The van der Waals surface area contributed by atoms with Gasteiger partial charge >= 0.3 is 0 Å². The molecule has 1 atom stereocenters. The minimum atomic E-state index is 0.656. The molecule has 100 valence electrons. The van der Waals surface area contributed by atoms with Gasteiger partial charge in [-0.1, -0.05) is 57.7 Å². The molecule has 2 rings (SSSR count). The number of alkyl halides is 1. The number of hydrogen-bond donors (Lipinski definition) is 0. The maximum atomic E-state index is 6.27. The fourth-order valence-corrected chi connectivity index (χ4v) is 3.52. The highest BCUT2D eigenvalue weighted by Gasteiger charge is 2.22. The van der Waals surface area contributed by atoms with Crippen LogP contribution in [0.2, 0.25) is 10.0 Å². The van der Waals surface area contributed by atoms with E-state index in [0.717, 1.165) is 17.4 Å². The fourth-order valence-electron chi connectivity index (χ4n) is 2.61. The summed E-state index contributed by atoms with van der Waals surface area (Å²) in [7, 11) is 0. The van der Waals surface area contributed by atoms with E-state index < -0.39 is 0 Å². The van der Waals surface area contributed by atoms with Gasteiger partial charge in [0.05, 0.1) is 10.0 Å². The molecule has 1 aliphatic heterocycles. The summed E-state index contributed by atoms with van der Waals surface area (Å²) in [6.45, 7) is 2.08. The number of hydrogen-bond acceptors (Lipinski definition) is 1. The molecule has 1 fully saturated rings. The molecule has 0 radical (unpaired) electrons. The van der Waals surface area contributed by atoms with Crippen LogP contribution >= 0.6 is 39.1 Å². The number of halogens is 3. The van der Waals surface area contributed by atoms with Gasteiger partial charge in [0.25, 0.3) is 0 Å². The van der Waals surface area contributed by atoms with Gasteiger partial charge in [0, 0.05) is 17.9 Å². The summed E-state index contributed by atoms with van der Waals surface area (Å²) in [6.07, 6.45) is 5.14. The summed E-state index contributed by atoms with van der Waals surface area (Å²) >= 11 is 15.9. The molecule has 0 aliphatic carbocycles. The monoisotopic (exact) mass is 349 g/mol. The van der Waals surface area contributed by atoms with Gasteiger partial charge in [0.2, 0.25) is 0 Å². The Hall–Kier alpha value is 0.240. The van der Waals surface area contributed by atoms with E-state index >= 15 is 0 Å². The van der Waals surface area contributed by atoms with Gasteiger partial charge in [-0.2, -0.15) is 0 Å². The topological polar surface area (TPSA) is 3.24 Å². The van der Waals surface area contributed by atoms with E-state index in [1.807, 2.05) is 12.1 Å². The Morgan fingerprint density at radius 1 is 1.28 bits per heavy atom. The van der Waals surface area contributed by atoms with Crippen LogP contribution in [0.5, 0.6) is 0 Å². The summed E-state index contributed by atoms with van der Waals surface area (Å²) in [6, 6.07) is 6.58. The molecule has 1 aromatic carbocycles. The standard InChI is InChI=1S/C14H18BrCl2N/c15-8-7-12-5-1-2-9-18(12)10-11-4-3-6-13(16)14(11)17/h3-4,6,12H,1-2,5,7-10H2. The van der Waals surface area contributed by atoms with Crippen molar-refractivity contribution < 1.29 is 0 Å². The van der Waals surface area contributed by atoms with E-state index in [1.54, 1.807) is 0 Å². The molecule has 4 heteroatoms. The van der Waals surface area contributed by atoms with Crippen LogP contribution in [0.15, 0.2) is 18.2 Å². The number of piperidine rings is 1. The van der Waals surface area contributed by atoms with Crippen molar-refractivity contribution >= 4 is 39.1 Å². The van der Waals surface area contributed by atoms with Gasteiger partial charge in [-0.05, 0) is 37.4 Å². The minimum Gasteiger partial charge on any atom is -0.296 e. The van der Waals surface area contributed by atoms with E-state index in [1.165, 1.54) is 32.2 Å². The lowest BCUT2D eigenvalue weighted by molar-refractivity contribution is 0.137. The Labute approximate surface area is 128 Å². The first-order valence-corrected chi connectivity index (χ1v) is 8.33. The molecule has 1 nitrogen and oxygen atoms in total. The zero-order valence-electron chi connectivity index (χ0n) is 10.3. The molecule has 1 aliphatic rings. The molecular formula is C14H18BrCl2N. The highest BCUT2D eigenvalue weighted by molar-refractivity contribution is 9.09. The zero-order valence-corrected chi connectivity index (χ0v) is 13.4. The van der Waals surface area contributed by atoms with Gasteiger partial charge in [0.1, 0.15) is 0 Å². The van der Waals surface area contributed by atoms with Gasteiger partial charge in [-0.25, -0.2) is 0 Å². The lowest BCUT2D eigenvalue weighted by Crippen LogP contribution is -2.39. The van der Waals surface area contributed by atoms with Crippen molar-refractivity contribution in [2.24, 2.45) is 0 Å². The maximum Gasteiger partial charge on any atom is 0.0637 e. The molecule has 1 aromatic rings. The van der Waals surface area contributed by atoms with Crippen LogP contribution in [0.4, 0.5) is 0 Å². The van der Waals surface area contributed by atoms with Crippen LogP contribution in [0.3, 0.4) is 0 Å². The van der Waals surface area contributed by atoms with Crippen molar-refractivity contribution in [2.75, 3.05) is 11.9 Å².